The second-order valence-corrected chi connectivity index (χ2v) is 7.19. The molecular weight excluding hydrogens is 336 g/mol. The molecule has 0 unspecified atom stereocenters. The van der Waals surface area contributed by atoms with Crippen LogP contribution < -0.4 is 10.5 Å². The average molecular weight is 353 g/mol. The van der Waals surface area contributed by atoms with Gasteiger partial charge in [0.15, 0.2) is 0 Å². The Hall–Kier alpha value is -1.89. The van der Waals surface area contributed by atoms with Gasteiger partial charge in [-0.2, -0.15) is 0 Å². The fourth-order valence-electron chi connectivity index (χ4n) is 2.11. The standard InChI is InChI=1S/C16H17ClN2O3S/c17-15-6-4-12(5-7-15)8-9-19-16(20)14-3-1-2-13(10-14)11-23(18,21)22/h1-7,10H,8-9,11H2,(H,19,20)(H2,18,21,22). The number of carbonyl (C=O) groups excluding carboxylic acids is 1. The molecule has 0 bridgehead atoms. The fraction of sp³-hybridized carbons (Fsp3) is 0.188. The summed E-state index contributed by atoms with van der Waals surface area (Å²) in [5.74, 6) is -0.547. The van der Waals surface area contributed by atoms with Crippen molar-refractivity contribution in [3.8, 4) is 0 Å². The molecule has 122 valence electrons. The molecule has 2 aromatic carbocycles. The van der Waals surface area contributed by atoms with Gasteiger partial charge in [0, 0.05) is 17.1 Å². The van der Waals surface area contributed by atoms with Crippen LogP contribution in [-0.4, -0.2) is 20.9 Å². The Bertz CT molecular complexity index is 789. The number of nitrogens with two attached hydrogens (primary N) is 1. The van der Waals surface area contributed by atoms with E-state index in [0.29, 0.717) is 29.1 Å². The van der Waals surface area contributed by atoms with Gasteiger partial charge in [-0.1, -0.05) is 35.9 Å². The highest BCUT2D eigenvalue weighted by molar-refractivity contribution is 7.88. The van der Waals surface area contributed by atoms with Crippen molar-refractivity contribution in [3.05, 3.63) is 70.2 Å². The Labute approximate surface area is 140 Å². The quantitative estimate of drug-likeness (QED) is 0.834. The summed E-state index contributed by atoms with van der Waals surface area (Å²) in [6.07, 6.45) is 0.680. The molecule has 0 fully saturated rings. The summed E-state index contributed by atoms with van der Waals surface area (Å²) in [6, 6.07) is 13.8. The molecule has 1 amide bonds. The van der Waals surface area contributed by atoms with Gasteiger partial charge >= 0.3 is 0 Å². The van der Waals surface area contributed by atoms with E-state index in [2.05, 4.69) is 5.32 Å². The molecule has 7 heteroatoms. The minimum Gasteiger partial charge on any atom is -0.352 e. The van der Waals surface area contributed by atoms with Crippen LogP contribution >= 0.6 is 11.6 Å². The molecule has 5 nitrogen and oxygen atoms in total. The zero-order valence-electron chi connectivity index (χ0n) is 12.3. The minimum atomic E-state index is -3.62. The largest absolute Gasteiger partial charge is 0.352 e. The monoisotopic (exact) mass is 352 g/mol. The van der Waals surface area contributed by atoms with Gasteiger partial charge in [-0.3, -0.25) is 4.79 Å². The van der Waals surface area contributed by atoms with E-state index in [-0.39, 0.29) is 11.7 Å². The Balaban J connectivity index is 1.93. The van der Waals surface area contributed by atoms with Crippen LogP contribution in [0.4, 0.5) is 0 Å². The van der Waals surface area contributed by atoms with Crippen LogP contribution in [0.25, 0.3) is 0 Å². The molecule has 23 heavy (non-hydrogen) atoms. The second-order valence-electron chi connectivity index (χ2n) is 5.14. The summed E-state index contributed by atoms with van der Waals surface area (Å²) in [4.78, 5) is 12.1. The molecule has 0 heterocycles. The number of carbonyl (C=O) groups is 1. The number of primary sulfonamides is 1. The number of nitrogens with one attached hydrogen (secondary N) is 1. The van der Waals surface area contributed by atoms with E-state index in [9.17, 15) is 13.2 Å². The molecule has 2 aromatic rings. The van der Waals surface area contributed by atoms with E-state index >= 15 is 0 Å². The summed E-state index contributed by atoms with van der Waals surface area (Å²) in [7, 11) is -3.62. The zero-order valence-corrected chi connectivity index (χ0v) is 13.9. The van der Waals surface area contributed by atoms with Gasteiger partial charge < -0.3 is 5.32 Å². The number of amides is 1. The fourth-order valence-corrected chi connectivity index (χ4v) is 2.88. The summed E-state index contributed by atoms with van der Waals surface area (Å²) >= 11 is 5.82. The first-order valence-electron chi connectivity index (χ1n) is 6.95. The highest BCUT2D eigenvalue weighted by Crippen LogP contribution is 2.10. The predicted octanol–water partition coefficient (Wildman–Crippen LogP) is 2.10. The number of hydrogen-bond acceptors (Lipinski definition) is 3. The Morgan fingerprint density at radius 3 is 2.43 bits per heavy atom. The van der Waals surface area contributed by atoms with Gasteiger partial charge in [0.05, 0.1) is 5.75 Å². The molecule has 0 spiro atoms. The van der Waals surface area contributed by atoms with Crippen molar-refractivity contribution in [2.75, 3.05) is 6.54 Å². The lowest BCUT2D eigenvalue weighted by Crippen LogP contribution is -2.26. The van der Waals surface area contributed by atoms with Gasteiger partial charge in [0.25, 0.3) is 5.91 Å². The van der Waals surface area contributed by atoms with Gasteiger partial charge in [0.1, 0.15) is 0 Å². The first kappa shape index (κ1) is 17.5. The van der Waals surface area contributed by atoms with Crippen LogP contribution in [0, 0.1) is 0 Å². The lowest BCUT2D eigenvalue weighted by molar-refractivity contribution is 0.0954. The van der Waals surface area contributed by atoms with Gasteiger partial charge in [0.2, 0.25) is 10.0 Å². The summed E-state index contributed by atoms with van der Waals surface area (Å²) in [6.45, 7) is 0.472. The zero-order chi connectivity index (χ0) is 16.9. The average Bonchev–Trinajstić information content (AvgIpc) is 2.48. The van der Waals surface area contributed by atoms with Crippen molar-refractivity contribution >= 4 is 27.5 Å². The Kier molecular flexibility index (Phi) is 5.76. The molecule has 0 atom stereocenters. The Morgan fingerprint density at radius 2 is 1.78 bits per heavy atom. The smallest absolute Gasteiger partial charge is 0.251 e. The van der Waals surface area contributed by atoms with Crippen molar-refractivity contribution in [3.63, 3.8) is 0 Å². The number of sulfonamides is 1. The third kappa shape index (κ3) is 6.02. The summed E-state index contributed by atoms with van der Waals surface area (Å²) in [5.41, 5.74) is 1.96. The number of rotatable bonds is 6. The van der Waals surface area contributed by atoms with E-state index in [1.165, 1.54) is 6.07 Å². The molecule has 0 aliphatic heterocycles. The number of benzene rings is 2. The van der Waals surface area contributed by atoms with E-state index in [0.717, 1.165) is 5.56 Å². The van der Waals surface area contributed by atoms with Crippen molar-refractivity contribution < 1.29 is 13.2 Å². The summed E-state index contributed by atoms with van der Waals surface area (Å²) in [5, 5.41) is 8.48. The van der Waals surface area contributed by atoms with Gasteiger partial charge in [-0.15, -0.1) is 0 Å². The van der Waals surface area contributed by atoms with E-state index in [4.69, 9.17) is 16.7 Å². The number of hydrogen-bond donors (Lipinski definition) is 2. The molecular formula is C16H17ClN2O3S. The minimum absolute atomic E-state index is 0.254. The molecule has 0 saturated heterocycles. The van der Waals surface area contributed by atoms with Crippen LogP contribution in [-0.2, 0) is 22.2 Å². The first-order valence-corrected chi connectivity index (χ1v) is 9.05. The highest BCUT2D eigenvalue weighted by atomic mass is 35.5. The van der Waals surface area contributed by atoms with Crippen LogP contribution in [0.15, 0.2) is 48.5 Å². The van der Waals surface area contributed by atoms with Crippen molar-refractivity contribution in [2.45, 2.75) is 12.2 Å². The maximum absolute atomic E-state index is 12.1. The predicted molar refractivity (Wildman–Crippen MR) is 90.7 cm³/mol. The highest BCUT2D eigenvalue weighted by Gasteiger charge is 2.09. The molecule has 0 aliphatic carbocycles. The van der Waals surface area contributed by atoms with Gasteiger partial charge in [-0.25, -0.2) is 13.6 Å². The molecule has 0 saturated carbocycles. The van der Waals surface area contributed by atoms with Crippen LogP contribution in [0.5, 0.6) is 0 Å². The topological polar surface area (TPSA) is 89.3 Å². The van der Waals surface area contributed by atoms with Crippen molar-refractivity contribution in [1.29, 1.82) is 0 Å². The van der Waals surface area contributed by atoms with E-state index in [1.807, 2.05) is 12.1 Å². The van der Waals surface area contributed by atoms with Crippen LogP contribution in [0.2, 0.25) is 5.02 Å². The SMILES string of the molecule is NS(=O)(=O)Cc1cccc(C(=O)NCCc2ccc(Cl)cc2)c1. The molecule has 0 aromatic heterocycles. The first-order chi connectivity index (χ1) is 10.8. The third-order valence-corrected chi connectivity index (χ3v) is 4.16. The van der Waals surface area contributed by atoms with Crippen molar-refractivity contribution in [1.82, 2.24) is 5.32 Å². The third-order valence-electron chi connectivity index (χ3n) is 3.17. The Morgan fingerprint density at radius 1 is 1.09 bits per heavy atom. The number of halogens is 1. The molecule has 2 rings (SSSR count). The molecule has 3 N–H and O–H groups in total. The van der Waals surface area contributed by atoms with Crippen LogP contribution in [0.1, 0.15) is 21.5 Å². The van der Waals surface area contributed by atoms with E-state index < -0.39 is 10.0 Å². The van der Waals surface area contributed by atoms with Gasteiger partial charge in [-0.05, 0) is 41.8 Å². The van der Waals surface area contributed by atoms with Crippen LogP contribution in [0.3, 0.4) is 0 Å². The normalized spacial score (nSPS) is 11.2. The maximum atomic E-state index is 12.1. The maximum Gasteiger partial charge on any atom is 0.251 e. The molecule has 0 radical (unpaired) electrons. The van der Waals surface area contributed by atoms with E-state index in [1.54, 1.807) is 30.3 Å². The lowest BCUT2D eigenvalue weighted by Gasteiger charge is -2.07. The van der Waals surface area contributed by atoms with Crippen molar-refractivity contribution in [2.24, 2.45) is 5.14 Å². The summed E-state index contributed by atoms with van der Waals surface area (Å²) < 4.78 is 22.2. The molecule has 0 aliphatic rings. The lowest BCUT2D eigenvalue weighted by atomic mass is 10.1. The second kappa shape index (κ2) is 7.59.